The van der Waals surface area contributed by atoms with Crippen LogP contribution in [0, 0.1) is 19.3 Å². The van der Waals surface area contributed by atoms with Gasteiger partial charge >= 0.3 is 5.97 Å². The number of pyridine rings is 1. The number of aromatic nitrogens is 1. The summed E-state index contributed by atoms with van der Waals surface area (Å²) in [7, 11) is 0. The van der Waals surface area contributed by atoms with Gasteiger partial charge in [-0.15, -0.1) is 0 Å². The summed E-state index contributed by atoms with van der Waals surface area (Å²) >= 11 is 0. The monoisotopic (exact) mass is 424 g/mol. The average Bonchev–Trinajstić information content (AvgIpc) is 2.74. The number of ether oxygens (including phenoxy) is 1. The third-order valence-corrected chi connectivity index (χ3v) is 6.12. The quantitative estimate of drug-likeness (QED) is 0.686. The Hall–Kier alpha value is -2.89. The van der Waals surface area contributed by atoms with Crippen molar-refractivity contribution < 1.29 is 14.3 Å². The van der Waals surface area contributed by atoms with Crippen molar-refractivity contribution in [2.45, 2.75) is 52.9 Å². The number of nitrogens with one attached hydrogen (secondary N) is 1. The highest BCUT2D eigenvalue weighted by Gasteiger charge is 2.44. The highest BCUT2D eigenvalue weighted by Crippen LogP contribution is 2.37. The lowest BCUT2D eigenvalue weighted by Crippen LogP contribution is -2.51. The molecule has 1 atom stereocenters. The number of rotatable bonds is 7. The van der Waals surface area contributed by atoms with Crippen LogP contribution >= 0.6 is 0 Å². The first-order valence-electron chi connectivity index (χ1n) is 11.1. The maximum Gasteiger partial charge on any atom is 0.313 e. The Labute approximate surface area is 183 Å². The van der Waals surface area contributed by atoms with Crippen molar-refractivity contribution in [3.63, 3.8) is 0 Å². The molecule has 1 N–H and O–H groups in total. The molecule has 6 heteroatoms. The Kier molecular flexibility index (Phi) is 7.31. The fourth-order valence-corrected chi connectivity index (χ4v) is 4.62. The maximum absolute atomic E-state index is 13.3. The highest BCUT2D eigenvalue weighted by molar-refractivity contribution is 5.95. The molecule has 1 aromatic carbocycles. The lowest BCUT2D eigenvalue weighted by molar-refractivity contribution is -0.159. The Balaban J connectivity index is 1.81. The minimum Gasteiger partial charge on any atom is -0.466 e. The molecular formula is C25H32N2O4. The molecular weight excluding hydrogens is 392 g/mol. The van der Waals surface area contributed by atoms with Crippen molar-refractivity contribution in [3.05, 3.63) is 69.1 Å². The van der Waals surface area contributed by atoms with Crippen LogP contribution in [0.1, 0.15) is 59.8 Å². The molecule has 1 fully saturated rings. The van der Waals surface area contributed by atoms with E-state index in [4.69, 9.17) is 4.74 Å². The number of nitrogens with zero attached hydrogens (tertiary/aromatic N) is 1. The number of aryl methyl sites for hydroxylation is 3. The van der Waals surface area contributed by atoms with Gasteiger partial charge in [0.15, 0.2) is 0 Å². The first kappa shape index (κ1) is 22.8. The molecule has 0 spiro atoms. The van der Waals surface area contributed by atoms with Gasteiger partial charge in [0, 0.05) is 18.8 Å². The van der Waals surface area contributed by atoms with E-state index in [1.54, 1.807) is 31.7 Å². The lowest BCUT2D eigenvalue weighted by Gasteiger charge is -2.41. The molecule has 2 aromatic rings. The highest BCUT2D eigenvalue weighted by atomic mass is 16.5. The molecule has 31 heavy (non-hydrogen) atoms. The maximum atomic E-state index is 13.3. The van der Waals surface area contributed by atoms with Gasteiger partial charge in [-0.05, 0) is 70.1 Å². The molecule has 6 nitrogen and oxygen atoms in total. The molecule has 0 aliphatic carbocycles. The normalized spacial score (nSPS) is 18.6. The number of aromatic amines is 1. The van der Waals surface area contributed by atoms with Crippen LogP contribution in [0.25, 0.3) is 0 Å². The molecule has 1 amide bonds. The van der Waals surface area contributed by atoms with E-state index in [2.05, 4.69) is 17.1 Å². The number of carbonyl (C=O) groups is 2. The first-order valence-corrected chi connectivity index (χ1v) is 11.1. The van der Waals surface area contributed by atoms with Gasteiger partial charge < -0.3 is 14.6 Å². The minimum atomic E-state index is -0.732. The van der Waals surface area contributed by atoms with E-state index >= 15 is 0 Å². The third-order valence-electron chi connectivity index (χ3n) is 6.12. The summed E-state index contributed by atoms with van der Waals surface area (Å²) < 4.78 is 5.44. The fraction of sp³-hybridized carbons (Fsp3) is 0.480. The summed E-state index contributed by atoms with van der Waals surface area (Å²) in [4.78, 5) is 43.1. The number of esters is 1. The Bertz CT molecular complexity index is 983. The number of carbonyl (C=O) groups excluding carboxylic acids is 2. The van der Waals surface area contributed by atoms with E-state index in [0.29, 0.717) is 38.0 Å². The summed E-state index contributed by atoms with van der Waals surface area (Å²) in [5, 5.41) is 0. The standard InChI is InChI=1S/C25H32N2O4/c1-4-31-24(30)25(13-8-12-20-10-6-5-7-11-20)14-9-15-27(17-25)23(29)21-18(2)16-19(3)26-22(21)28/h5-7,10-11,16H,4,8-9,12-15,17H2,1-3H3,(H,26,28)/t25-/m0/s1. The zero-order valence-corrected chi connectivity index (χ0v) is 18.7. The Morgan fingerprint density at radius 1 is 1.19 bits per heavy atom. The molecule has 0 radical (unpaired) electrons. The molecule has 1 saturated heterocycles. The zero-order valence-electron chi connectivity index (χ0n) is 18.7. The van der Waals surface area contributed by atoms with Crippen molar-refractivity contribution in [3.8, 4) is 0 Å². The van der Waals surface area contributed by atoms with Gasteiger partial charge in [-0.2, -0.15) is 0 Å². The third kappa shape index (κ3) is 5.24. The van der Waals surface area contributed by atoms with Gasteiger partial charge in [-0.25, -0.2) is 0 Å². The van der Waals surface area contributed by atoms with Crippen molar-refractivity contribution in [2.75, 3.05) is 19.7 Å². The van der Waals surface area contributed by atoms with Crippen LogP contribution in [0.5, 0.6) is 0 Å². The largest absolute Gasteiger partial charge is 0.466 e. The molecule has 1 aromatic heterocycles. The second-order valence-corrected chi connectivity index (χ2v) is 8.51. The summed E-state index contributed by atoms with van der Waals surface area (Å²) in [6, 6.07) is 12.0. The summed E-state index contributed by atoms with van der Waals surface area (Å²) in [5.41, 5.74) is 1.66. The average molecular weight is 425 g/mol. The summed E-state index contributed by atoms with van der Waals surface area (Å²) in [6.45, 7) is 6.50. The van der Waals surface area contributed by atoms with Crippen molar-refractivity contribution in [2.24, 2.45) is 5.41 Å². The molecule has 0 unspecified atom stereocenters. The number of amides is 1. The SMILES string of the molecule is CCOC(=O)[C@@]1(CCCc2ccccc2)CCCN(C(=O)c2c(C)cc(C)[nH]c2=O)C1. The second kappa shape index (κ2) is 9.94. The Morgan fingerprint density at radius 2 is 1.94 bits per heavy atom. The molecule has 0 saturated carbocycles. The molecule has 2 heterocycles. The number of piperidine rings is 1. The van der Waals surface area contributed by atoms with Gasteiger partial charge in [0.1, 0.15) is 5.56 Å². The van der Waals surface area contributed by atoms with Crippen molar-refractivity contribution >= 4 is 11.9 Å². The number of likely N-dealkylation sites (tertiary alicyclic amines) is 1. The van der Waals surface area contributed by atoms with Crippen LogP contribution in [0.3, 0.4) is 0 Å². The lowest BCUT2D eigenvalue weighted by atomic mass is 9.75. The number of hydrogen-bond donors (Lipinski definition) is 1. The number of H-pyrrole nitrogens is 1. The minimum absolute atomic E-state index is 0.162. The Morgan fingerprint density at radius 3 is 2.61 bits per heavy atom. The van der Waals surface area contributed by atoms with Crippen LogP contribution in [-0.2, 0) is 16.0 Å². The van der Waals surface area contributed by atoms with Crippen LogP contribution in [0.15, 0.2) is 41.2 Å². The number of hydrogen-bond acceptors (Lipinski definition) is 4. The van der Waals surface area contributed by atoms with Crippen LogP contribution in [0.4, 0.5) is 0 Å². The second-order valence-electron chi connectivity index (χ2n) is 8.51. The molecule has 1 aliphatic rings. The van der Waals surface area contributed by atoms with Gasteiger partial charge in [-0.1, -0.05) is 30.3 Å². The van der Waals surface area contributed by atoms with Gasteiger partial charge in [-0.3, -0.25) is 14.4 Å². The van der Waals surface area contributed by atoms with Crippen molar-refractivity contribution in [1.82, 2.24) is 9.88 Å². The first-order chi connectivity index (χ1) is 14.9. The predicted octanol–water partition coefficient (Wildman–Crippen LogP) is 3.80. The summed E-state index contributed by atoms with van der Waals surface area (Å²) in [6.07, 6.45) is 3.74. The zero-order chi connectivity index (χ0) is 22.4. The van der Waals surface area contributed by atoms with Crippen LogP contribution in [0.2, 0.25) is 0 Å². The fourth-order valence-electron chi connectivity index (χ4n) is 4.62. The van der Waals surface area contributed by atoms with Gasteiger partial charge in [0.05, 0.1) is 12.0 Å². The van der Waals surface area contributed by atoms with E-state index < -0.39 is 5.41 Å². The smallest absolute Gasteiger partial charge is 0.313 e. The predicted molar refractivity (Wildman–Crippen MR) is 120 cm³/mol. The van der Waals surface area contributed by atoms with E-state index in [1.807, 2.05) is 18.2 Å². The molecule has 166 valence electrons. The molecule has 0 bridgehead atoms. The van der Waals surface area contributed by atoms with E-state index in [0.717, 1.165) is 18.5 Å². The number of benzene rings is 1. The van der Waals surface area contributed by atoms with E-state index in [1.165, 1.54) is 5.56 Å². The molecule has 3 rings (SSSR count). The van der Waals surface area contributed by atoms with Crippen molar-refractivity contribution in [1.29, 1.82) is 0 Å². The van der Waals surface area contributed by atoms with Gasteiger partial charge in [0.25, 0.3) is 11.5 Å². The molecule has 1 aliphatic heterocycles. The van der Waals surface area contributed by atoms with E-state index in [-0.39, 0.29) is 29.5 Å². The topological polar surface area (TPSA) is 79.5 Å². The van der Waals surface area contributed by atoms with Crippen LogP contribution < -0.4 is 5.56 Å². The van der Waals surface area contributed by atoms with Gasteiger partial charge in [0.2, 0.25) is 0 Å². The van der Waals surface area contributed by atoms with E-state index in [9.17, 15) is 14.4 Å². The van der Waals surface area contributed by atoms with Crippen LogP contribution in [-0.4, -0.2) is 41.5 Å². The summed E-state index contributed by atoms with van der Waals surface area (Å²) in [5.74, 6) is -0.551.